The second kappa shape index (κ2) is 9.43. The number of nitrogens with one attached hydrogen (secondary N) is 2. The van der Waals surface area contributed by atoms with Gasteiger partial charge in [-0.05, 0) is 11.4 Å². The van der Waals surface area contributed by atoms with Gasteiger partial charge in [-0.1, -0.05) is 0 Å². The zero-order chi connectivity index (χ0) is 19.9. The molecule has 2 amide bonds. The number of amides is 2. The van der Waals surface area contributed by atoms with Crippen LogP contribution in [0.4, 0.5) is 15.1 Å². The molecule has 0 unspecified atom stereocenters. The molecule has 27 heavy (non-hydrogen) atoms. The van der Waals surface area contributed by atoms with Crippen LogP contribution in [0.3, 0.4) is 0 Å². The molecular formula is C14H17FN4O6S2. The van der Waals surface area contributed by atoms with Gasteiger partial charge in [0.05, 0.1) is 38.4 Å². The van der Waals surface area contributed by atoms with Crippen molar-refractivity contribution >= 4 is 33.3 Å². The van der Waals surface area contributed by atoms with Crippen LogP contribution >= 0.6 is 11.3 Å². The van der Waals surface area contributed by atoms with E-state index in [0.29, 0.717) is 4.88 Å². The number of hydrogen-bond donors (Lipinski definition) is 2. The number of methoxy groups -OCH3 is 2. The molecule has 2 N–H and O–H groups in total. The lowest BCUT2D eigenvalue weighted by molar-refractivity contribution is 0.107. The van der Waals surface area contributed by atoms with Gasteiger partial charge in [-0.25, -0.2) is 22.3 Å². The first-order chi connectivity index (χ1) is 12.9. The van der Waals surface area contributed by atoms with E-state index in [-0.39, 0.29) is 35.8 Å². The molecule has 10 nitrogen and oxygen atoms in total. The van der Waals surface area contributed by atoms with Crippen molar-refractivity contribution in [3.8, 4) is 11.8 Å². The van der Waals surface area contributed by atoms with Crippen LogP contribution in [0.2, 0.25) is 0 Å². The van der Waals surface area contributed by atoms with E-state index in [1.165, 1.54) is 31.7 Å². The molecule has 0 atom stereocenters. The minimum atomic E-state index is -4.18. The van der Waals surface area contributed by atoms with Gasteiger partial charge >= 0.3 is 6.03 Å². The quantitative estimate of drug-likeness (QED) is 0.585. The fourth-order valence-corrected chi connectivity index (χ4v) is 4.14. The third-order valence-electron chi connectivity index (χ3n) is 3.00. The molecule has 0 aromatic carbocycles. The fraction of sp³-hybridized carbons (Fsp3) is 0.357. The van der Waals surface area contributed by atoms with Gasteiger partial charge in [0.15, 0.2) is 0 Å². The molecule has 2 aromatic rings. The van der Waals surface area contributed by atoms with Gasteiger partial charge in [-0.3, -0.25) is 5.32 Å². The number of anilines is 1. The number of carbonyl (C=O) groups excluding carboxylic acids is 1. The topological polar surface area (TPSA) is 129 Å². The number of nitrogens with zero attached hydrogens (tertiary/aromatic N) is 2. The van der Waals surface area contributed by atoms with Gasteiger partial charge < -0.3 is 14.2 Å². The second-order valence-electron chi connectivity index (χ2n) is 4.79. The zero-order valence-electron chi connectivity index (χ0n) is 14.4. The Balaban J connectivity index is 2.10. The van der Waals surface area contributed by atoms with Gasteiger partial charge in [0, 0.05) is 0 Å². The van der Waals surface area contributed by atoms with E-state index in [2.05, 4.69) is 15.3 Å². The number of alkyl halides is 1. The standard InChI is InChI=1S/C14H17FN4O6S2/c1-23-11-7-12(24-2)17-13(16-11)18-14(20)19-27(21,22)10-3-6-26-9(10)8-25-5-4-15/h3,6-7H,4-5,8H2,1-2H3,(H2,16,17,18,19,20). The first-order valence-corrected chi connectivity index (χ1v) is 9.77. The lowest BCUT2D eigenvalue weighted by atomic mass is 10.5. The smallest absolute Gasteiger partial charge is 0.335 e. The normalized spacial score (nSPS) is 11.1. The maximum atomic E-state index is 12.4. The molecule has 2 aromatic heterocycles. The predicted octanol–water partition coefficient (Wildman–Crippen LogP) is 1.55. The van der Waals surface area contributed by atoms with Crippen LogP contribution in [0.5, 0.6) is 11.8 Å². The lowest BCUT2D eigenvalue weighted by Crippen LogP contribution is -2.35. The van der Waals surface area contributed by atoms with Crippen LogP contribution < -0.4 is 19.5 Å². The highest BCUT2D eigenvalue weighted by atomic mass is 32.2. The van der Waals surface area contributed by atoms with Crippen LogP contribution in [0.1, 0.15) is 4.88 Å². The number of aromatic nitrogens is 2. The Morgan fingerprint density at radius 3 is 2.52 bits per heavy atom. The van der Waals surface area contributed by atoms with Crippen molar-refractivity contribution < 1.29 is 31.8 Å². The number of carbonyl (C=O) groups is 1. The summed E-state index contributed by atoms with van der Waals surface area (Å²) in [4.78, 5) is 20.0. The number of urea groups is 1. The fourth-order valence-electron chi connectivity index (χ4n) is 1.87. The number of sulfonamides is 1. The maximum Gasteiger partial charge on any atom is 0.335 e. The van der Waals surface area contributed by atoms with Crippen LogP contribution in [0.25, 0.3) is 0 Å². The number of hydrogen-bond acceptors (Lipinski definition) is 9. The zero-order valence-corrected chi connectivity index (χ0v) is 16.0. The Morgan fingerprint density at radius 2 is 1.93 bits per heavy atom. The largest absolute Gasteiger partial charge is 0.481 e. The molecule has 2 heterocycles. The van der Waals surface area contributed by atoms with Crippen LogP contribution in [0, 0.1) is 0 Å². The van der Waals surface area contributed by atoms with Gasteiger partial charge in [-0.2, -0.15) is 9.97 Å². The summed E-state index contributed by atoms with van der Waals surface area (Å²) in [5.41, 5.74) is 0. The average molecular weight is 420 g/mol. The molecule has 0 aliphatic carbocycles. The Morgan fingerprint density at radius 1 is 1.26 bits per heavy atom. The molecule has 0 aliphatic heterocycles. The van der Waals surface area contributed by atoms with E-state index in [1.54, 1.807) is 0 Å². The maximum absolute atomic E-state index is 12.4. The van der Waals surface area contributed by atoms with Crippen LogP contribution in [-0.2, 0) is 21.4 Å². The molecule has 0 saturated heterocycles. The molecule has 13 heteroatoms. The molecule has 148 valence electrons. The first kappa shape index (κ1) is 20.8. The summed E-state index contributed by atoms with van der Waals surface area (Å²) in [5, 5.41) is 3.72. The summed E-state index contributed by atoms with van der Waals surface area (Å²) in [6.45, 7) is -0.923. The molecule has 0 aliphatic rings. The minimum Gasteiger partial charge on any atom is -0.481 e. The molecule has 0 bridgehead atoms. The summed E-state index contributed by atoms with van der Waals surface area (Å²) in [6.07, 6.45) is 0. The number of thiophene rings is 1. The minimum absolute atomic E-state index is 0.0877. The van der Waals surface area contributed by atoms with Crippen molar-refractivity contribution in [2.24, 2.45) is 0 Å². The van der Waals surface area contributed by atoms with E-state index in [0.717, 1.165) is 11.3 Å². The van der Waals surface area contributed by atoms with Gasteiger partial charge in [-0.15, -0.1) is 11.3 Å². The van der Waals surface area contributed by atoms with Crippen molar-refractivity contribution in [2.45, 2.75) is 11.5 Å². The van der Waals surface area contributed by atoms with E-state index in [4.69, 9.17) is 14.2 Å². The molecular weight excluding hydrogens is 403 g/mol. The van der Waals surface area contributed by atoms with Crippen molar-refractivity contribution in [3.05, 3.63) is 22.4 Å². The van der Waals surface area contributed by atoms with Gasteiger partial charge in [0.1, 0.15) is 11.6 Å². The Bertz CT molecular complexity index is 867. The Labute approximate surface area is 158 Å². The summed E-state index contributed by atoms with van der Waals surface area (Å²) >= 11 is 1.11. The molecule has 0 radical (unpaired) electrons. The highest BCUT2D eigenvalue weighted by Gasteiger charge is 2.23. The molecule has 2 rings (SSSR count). The van der Waals surface area contributed by atoms with E-state index in [1.807, 2.05) is 4.72 Å². The van der Waals surface area contributed by atoms with Gasteiger partial charge in [0.2, 0.25) is 17.7 Å². The van der Waals surface area contributed by atoms with Crippen molar-refractivity contribution in [2.75, 3.05) is 32.8 Å². The second-order valence-corrected chi connectivity index (χ2v) is 7.44. The number of rotatable bonds is 9. The molecule has 0 spiro atoms. The third kappa shape index (κ3) is 5.74. The Hall–Kier alpha value is -2.51. The summed E-state index contributed by atoms with van der Waals surface area (Å²) in [5.74, 6) is 0.0194. The summed E-state index contributed by atoms with van der Waals surface area (Å²) < 4.78 is 53.7. The van der Waals surface area contributed by atoms with Crippen molar-refractivity contribution in [1.29, 1.82) is 0 Å². The van der Waals surface area contributed by atoms with Crippen LogP contribution in [0.15, 0.2) is 22.4 Å². The third-order valence-corrected chi connectivity index (χ3v) is 5.44. The predicted molar refractivity (Wildman–Crippen MR) is 94.4 cm³/mol. The molecule has 0 saturated carbocycles. The Kier molecular flexibility index (Phi) is 7.27. The van der Waals surface area contributed by atoms with Crippen molar-refractivity contribution in [3.63, 3.8) is 0 Å². The first-order valence-electron chi connectivity index (χ1n) is 7.40. The SMILES string of the molecule is COc1cc(OC)nc(NC(=O)NS(=O)(=O)c2ccsc2COCCF)n1. The summed E-state index contributed by atoms with van der Waals surface area (Å²) in [7, 11) is -1.46. The van der Waals surface area contributed by atoms with Crippen molar-refractivity contribution in [1.82, 2.24) is 14.7 Å². The highest BCUT2D eigenvalue weighted by Crippen LogP contribution is 2.23. The van der Waals surface area contributed by atoms with E-state index in [9.17, 15) is 17.6 Å². The lowest BCUT2D eigenvalue weighted by Gasteiger charge is -2.10. The van der Waals surface area contributed by atoms with Crippen LogP contribution in [-0.4, -0.2) is 51.9 Å². The number of halogens is 1. The molecule has 0 fully saturated rings. The van der Waals surface area contributed by atoms with E-state index >= 15 is 0 Å². The summed E-state index contributed by atoms with van der Waals surface area (Å²) in [6, 6.07) is 1.63. The highest BCUT2D eigenvalue weighted by molar-refractivity contribution is 7.90. The van der Waals surface area contributed by atoms with Gasteiger partial charge in [0.25, 0.3) is 10.0 Å². The average Bonchev–Trinajstić information content (AvgIpc) is 3.10. The number of ether oxygens (including phenoxy) is 3. The van der Waals surface area contributed by atoms with E-state index < -0.39 is 22.7 Å². The monoisotopic (exact) mass is 420 g/mol.